The van der Waals surface area contributed by atoms with Gasteiger partial charge in [0.1, 0.15) is 5.01 Å². The van der Waals surface area contributed by atoms with Gasteiger partial charge in [-0.3, -0.25) is 4.98 Å². The Morgan fingerprint density at radius 1 is 1.31 bits per heavy atom. The minimum atomic E-state index is 0.971. The molecule has 0 N–H and O–H groups in total. The molecule has 0 aliphatic heterocycles. The van der Waals surface area contributed by atoms with Crippen LogP contribution in [0, 0.1) is 0 Å². The third-order valence-corrected chi connectivity index (χ3v) is 2.68. The zero-order valence-electron chi connectivity index (χ0n) is 7.40. The molecule has 0 radical (unpaired) electrons. The predicted octanol–water partition coefficient (Wildman–Crippen LogP) is 2.77. The number of aromatic nitrogens is 2. The van der Waals surface area contributed by atoms with Crippen LogP contribution in [0.1, 0.15) is 12.6 Å². The average Bonchev–Trinajstić information content (AvgIpc) is 2.71. The van der Waals surface area contributed by atoms with E-state index in [1.54, 1.807) is 11.3 Å². The standard InChI is InChI=1S/C10H10N2S/c1-2-9-7-8(3-4-11-9)10-12-5-6-13-10/h3-7H,2H2,1H3. The van der Waals surface area contributed by atoms with Gasteiger partial charge in [-0.2, -0.15) is 0 Å². The van der Waals surface area contributed by atoms with E-state index < -0.39 is 0 Å². The summed E-state index contributed by atoms with van der Waals surface area (Å²) in [4.78, 5) is 8.50. The van der Waals surface area contributed by atoms with Crippen LogP contribution in [0.3, 0.4) is 0 Å². The Balaban J connectivity index is 2.41. The molecule has 13 heavy (non-hydrogen) atoms. The van der Waals surface area contributed by atoms with Gasteiger partial charge in [-0.05, 0) is 18.6 Å². The number of hydrogen-bond donors (Lipinski definition) is 0. The van der Waals surface area contributed by atoms with Crippen molar-refractivity contribution in [1.29, 1.82) is 0 Å². The fraction of sp³-hybridized carbons (Fsp3) is 0.200. The minimum Gasteiger partial charge on any atom is -0.261 e. The summed E-state index contributed by atoms with van der Waals surface area (Å²) in [6.45, 7) is 2.11. The van der Waals surface area contributed by atoms with Crippen molar-refractivity contribution in [1.82, 2.24) is 9.97 Å². The van der Waals surface area contributed by atoms with Crippen LogP contribution in [0.15, 0.2) is 29.9 Å². The number of aryl methyl sites for hydroxylation is 1. The Labute approximate surface area is 81.3 Å². The third-order valence-electron chi connectivity index (χ3n) is 1.86. The van der Waals surface area contributed by atoms with Crippen LogP contribution < -0.4 is 0 Å². The first-order chi connectivity index (χ1) is 6.40. The molecule has 2 aromatic heterocycles. The van der Waals surface area contributed by atoms with Crippen LogP contribution in [0.5, 0.6) is 0 Å². The molecule has 0 unspecified atom stereocenters. The van der Waals surface area contributed by atoms with Gasteiger partial charge in [-0.25, -0.2) is 4.98 Å². The van der Waals surface area contributed by atoms with E-state index in [0.717, 1.165) is 17.1 Å². The van der Waals surface area contributed by atoms with Gasteiger partial charge < -0.3 is 0 Å². The first kappa shape index (κ1) is 8.38. The van der Waals surface area contributed by atoms with Gasteiger partial charge in [0.05, 0.1) is 0 Å². The maximum absolute atomic E-state index is 4.25. The molecular formula is C10H10N2S. The topological polar surface area (TPSA) is 25.8 Å². The molecule has 0 amide bonds. The van der Waals surface area contributed by atoms with Gasteiger partial charge in [0.2, 0.25) is 0 Å². The second-order valence-corrected chi connectivity index (χ2v) is 3.62. The van der Waals surface area contributed by atoms with E-state index in [0.29, 0.717) is 0 Å². The third kappa shape index (κ3) is 1.75. The Morgan fingerprint density at radius 3 is 2.92 bits per heavy atom. The Bertz CT molecular complexity index is 382. The number of rotatable bonds is 2. The molecule has 0 spiro atoms. The molecule has 0 atom stereocenters. The molecule has 0 aliphatic rings. The highest BCUT2D eigenvalue weighted by Gasteiger charge is 2.00. The van der Waals surface area contributed by atoms with Crippen LogP contribution in [0.2, 0.25) is 0 Å². The van der Waals surface area contributed by atoms with Crippen LogP contribution in [-0.2, 0) is 6.42 Å². The van der Waals surface area contributed by atoms with E-state index in [9.17, 15) is 0 Å². The number of pyridine rings is 1. The molecule has 0 saturated carbocycles. The van der Waals surface area contributed by atoms with Crippen molar-refractivity contribution in [2.75, 3.05) is 0 Å². The largest absolute Gasteiger partial charge is 0.261 e. The van der Waals surface area contributed by atoms with Crippen molar-refractivity contribution < 1.29 is 0 Å². The summed E-state index contributed by atoms with van der Waals surface area (Å²) in [5.41, 5.74) is 2.29. The summed E-state index contributed by atoms with van der Waals surface area (Å²) in [5.74, 6) is 0. The summed E-state index contributed by atoms with van der Waals surface area (Å²) in [6.07, 6.45) is 4.64. The molecule has 0 aromatic carbocycles. The fourth-order valence-electron chi connectivity index (χ4n) is 1.17. The summed E-state index contributed by atoms with van der Waals surface area (Å²) < 4.78 is 0. The van der Waals surface area contributed by atoms with E-state index in [1.165, 1.54) is 5.56 Å². The number of nitrogens with zero attached hydrogens (tertiary/aromatic N) is 2. The van der Waals surface area contributed by atoms with Crippen molar-refractivity contribution in [2.45, 2.75) is 13.3 Å². The average molecular weight is 190 g/mol. The van der Waals surface area contributed by atoms with Crippen molar-refractivity contribution in [2.24, 2.45) is 0 Å². The van der Waals surface area contributed by atoms with Gasteiger partial charge >= 0.3 is 0 Å². The Kier molecular flexibility index (Phi) is 2.36. The first-order valence-corrected chi connectivity index (χ1v) is 5.13. The molecule has 3 heteroatoms. The van der Waals surface area contributed by atoms with Gasteiger partial charge in [0.25, 0.3) is 0 Å². The van der Waals surface area contributed by atoms with E-state index in [4.69, 9.17) is 0 Å². The molecule has 0 saturated heterocycles. The van der Waals surface area contributed by atoms with E-state index >= 15 is 0 Å². The Hall–Kier alpha value is -1.22. The van der Waals surface area contributed by atoms with E-state index in [2.05, 4.69) is 23.0 Å². The number of thiazole rings is 1. The summed E-state index contributed by atoms with van der Waals surface area (Å²) >= 11 is 1.66. The Morgan fingerprint density at radius 2 is 2.23 bits per heavy atom. The highest BCUT2D eigenvalue weighted by molar-refractivity contribution is 7.13. The van der Waals surface area contributed by atoms with Crippen LogP contribution in [0.25, 0.3) is 10.6 Å². The van der Waals surface area contributed by atoms with Gasteiger partial charge in [-0.15, -0.1) is 11.3 Å². The molecule has 0 fully saturated rings. The van der Waals surface area contributed by atoms with Crippen LogP contribution >= 0.6 is 11.3 Å². The smallest absolute Gasteiger partial charge is 0.123 e. The second-order valence-electron chi connectivity index (χ2n) is 2.73. The van der Waals surface area contributed by atoms with Gasteiger partial charge in [-0.1, -0.05) is 6.92 Å². The number of hydrogen-bond acceptors (Lipinski definition) is 3. The molecule has 2 rings (SSSR count). The lowest BCUT2D eigenvalue weighted by molar-refractivity contribution is 1.04. The lowest BCUT2D eigenvalue weighted by Crippen LogP contribution is -1.86. The van der Waals surface area contributed by atoms with Crippen LogP contribution in [-0.4, -0.2) is 9.97 Å². The van der Waals surface area contributed by atoms with Crippen molar-refractivity contribution >= 4 is 11.3 Å². The second kappa shape index (κ2) is 3.66. The summed E-state index contributed by atoms with van der Waals surface area (Å²) in [5, 5.41) is 3.05. The van der Waals surface area contributed by atoms with Crippen molar-refractivity contribution in [3.8, 4) is 10.6 Å². The SMILES string of the molecule is CCc1cc(-c2nccs2)ccn1. The first-order valence-electron chi connectivity index (χ1n) is 4.25. The monoisotopic (exact) mass is 190 g/mol. The lowest BCUT2D eigenvalue weighted by Gasteiger charge is -1.98. The zero-order valence-corrected chi connectivity index (χ0v) is 8.21. The summed E-state index contributed by atoms with van der Waals surface area (Å²) in [6, 6.07) is 4.09. The predicted molar refractivity (Wildman–Crippen MR) is 54.7 cm³/mol. The summed E-state index contributed by atoms with van der Waals surface area (Å²) in [7, 11) is 0. The quantitative estimate of drug-likeness (QED) is 0.727. The molecule has 2 heterocycles. The molecule has 0 bridgehead atoms. The molecular weight excluding hydrogens is 180 g/mol. The van der Waals surface area contributed by atoms with Gasteiger partial charge in [0, 0.05) is 29.0 Å². The van der Waals surface area contributed by atoms with Crippen molar-refractivity contribution in [3.63, 3.8) is 0 Å². The van der Waals surface area contributed by atoms with Gasteiger partial charge in [0.15, 0.2) is 0 Å². The molecule has 0 aliphatic carbocycles. The maximum Gasteiger partial charge on any atom is 0.123 e. The molecule has 2 nitrogen and oxygen atoms in total. The van der Waals surface area contributed by atoms with Crippen molar-refractivity contribution in [3.05, 3.63) is 35.6 Å². The fourth-order valence-corrected chi connectivity index (χ4v) is 1.81. The normalized spacial score (nSPS) is 10.2. The zero-order chi connectivity index (χ0) is 9.10. The highest BCUT2D eigenvalue weighted by atomic mass is 32.1. The van der Waals surface area contributed by atoms with E-state index in [1.807, 2.05) is 23.8 Å². The lowest BCUT2D eigenvalue weighted by atomic mass is 10.2. The minimum absolute atomic E-state index is 0.971. The molecule has 2 aromatic rings. The maximum atomic E-state index is 4.25. The van der Waals surface area contributed by atoms with Crippen LogP contribution in [0.4, 0.5) is 0 Å². The molecule has 66 valence electrons. The highest BCUT2D eigenvalue weighted by Crippen LogP contribution is 2.21. The van der Waals surface area contributed by atoms with E-state index in [-0.39, 0.29) is 0 Å².